The zero-order valence-corrected chi connectivity index (χ0v) is 10.3. The van der Waals surface area contributed by atoms with E-state index in [0.29, 0.717) is 12.1 Å². The fraction of sp³-hybridized carbons (Fsp3) is 0.200. The van der Waals surface area contributed by atoms with Gasteiger partial charge >= 0.3 is 0 Å². The smallest absolute Gasteiger partial charge is 0.129 e. The summed E-state index contributed by atoms with van der Waals surface area (Å²) in [4.78, 5) is 0. The van der Waals surface area contributed by atoms with Crippen molar-refractivity contribution in [3.05, 3.63) is 70.8 Å². The first-order valence-electron chi connectivity index (χ1n) is 6.03. The van der Waals surface area contributed by atoms with Crippen molar-refractivity contribution in [1.82, 2.24) is 0 Å². The van der Waals surface area contributed by atoms with Crippen molar-refractivity contribution >= 4 is 0 Å². The van der Waals surface area contributed by atoms with Gasteiger partial charge in [-0.2, -0.15) is 0 Å². The van der Waals surface area contributed by atoms with Crippen LogP contribution in [0.3, 0.4) is 0 Å². The number of nitrogens with two attached hydrogens (primary N) is 1. The van der Waals surface area contributed by atoms with Crippen molar-refractivity contribution in [2.45, 2.75) is 12.5 Å². The molecule has 0 saturated carbocycles. The van der Waals surface area contributed by atoms with Crippen molar-refractivity contribution in [2.24, 2.45) is 5.73 Å². The van der Waals surface area contributed by atoms with E-state index in [9.17, 15) is 13.9 Å². The summed E-state index contributed by atoms with van der Waals surface area (Å²) in [7, 11) is 0. The number of aliphatic hydroxyl groups is 1. The molecular formula is C15H15F2NO. The highest BCUT2D eigenvalue weighted by molar-refractivity contribution is 5.33. The predicted molar refractivity (Wildman–Crippen MR) is 69.6 cm³/mol. The molecule has 1 atom stereocenters. The van der Waals surface area contributed by atoms with E-state index in [4.69, 9.17) is 5.73 Å². The molecule has 0 radical (unpaired) electrons. The lowest BCUT2D eigenvalue weighted by molar-refractivity contribution is 0.214. The van der Waals surface area contributed by atoms with E-state index in [1.807, 2.05) is 12.1 Å². The molecule has 19 heavy (non-hydrogen) atoms. The first-order chi connectivity index (χ1) is 9.11. The molecule has 0 aliphatic rings. The molecule has 0 bridgehead atoms. The third-order valence-corrected chi connectivity index (χ3v) is 2.98. The Labute approximate surface area is 110 Å². The number of halogens is 2. The summed E-state index contributed by atoms with van der Waals surface area (Å²) in [5.74, 6) is -1.20. The average molecular weight is 263 g/mol. The van der Waals surface area contributed by atoms with Crippen molar-refractivity contribution in [3.8, 4) is 0 Å². The fourth-order valence-electron chi connectivity index (χ4n) is 1.94. The van der Waals surface area contributed by atoms with E-state index in [-0.39, 0.29) is 5.56 Å². The lowest BCUT2D eigenvalue weighted by atomic mass is 9.99. The summed E-state index contributed by atoms with van der Waals surface area (Å²) in [6, 6.07) is 10.1. The van der Waals surface area contributed by atoms with Crippen LogP contribution in [0.5, 0.6) is 0 Å². The molecule has 2 nitrogen and oxygen atoms in total. The maximum atomic E-state index is 13.6. The molecule has 3 N–H and O–H groups in total. The van der Waals surface area contributed by atoms with E-state index in [0.717, 1.165) is 30.2 Å². The van der Waals surface area contributed by atoms with Crippen molar-refractivity contribution in [3.63, 3.8) is 0 Å². The maximum Gasteiger partial charge on any atom is 0.129 e. The number of aliphatic hydroxyl groups excluding tert-OH is 1. The van der Waals surface area contributed by atoms with Gasteiger partial charge in [-0.3, -0.25) is 0 Å². The Kier molecular flexibility index (Phi) is 4.24. The highest BCUT2D eigenvalue weighted by atomic mass is 19.1. The minimum Gasteiger partial charge on any atom is -0.384 e. The van der Waals surface area contributed by atoms with Crippen LogP contribution in [0.15, 0.2) is 42.5 Å². The Bertz CT molecular complexity index is 555. The second-order valence-electron chi connectivity index (χ2n) is 4.35. The van der Waals surface area contributed by atoms with Gasteiger partial charge in [0.15, 0.2) is 0 Å². The monoisotopic (exact) mass is 263 g/mol. The lowest BCUT2D eigenvalue weighted by Gasteiger charge is -2.13. The van der Waals surface area contributed by atoms with Gasteiger partial charge in [-0.1, -0.05) is 24.3 Å². The topological polar surface area (TPSA) is 46.2 Å². The van der Waals surface area contributed by atoms with Crippen LogP contribution in [0, 0.1) is 11.6 Å². The summed E-state index contributed by atoms with van der Waals surface area (Å²) in [6.07, 6.45) is -0.437. The van der Waals surface area contributed by atoms with Gasteiger partial charge in [0.05, 0.1) is 0 Å². The molecular weight excluding hydrogens is 248 g/mol. The Morgan fingerprint density at radius 3 is 2.37 bits per heavy atom. The first kappa shape index (κ1) is 13.6. The van der Waals surface area contributed by atoms with Crippen LogP contribution in [-0.4, -0.2) is 11.7 Å². The molecule has 2 aromatic rings. The summed E-state index contributed by atoms with van der Waals surface area (Å²) in [5, 5.41) is 10.1. The van der Waals surface area contributed by atoms with Gasteiger partial charge in [-0.15, -0.1) is 0 Å². The Balaban J connectivity index is 2.27. The van der Waals surface area contributed by atoms with Crippen molar-refractivity contribution in [1.29, 1.82) is 0 Å². The third-order valence-electron chi connectivity index (χ3n) is 2.98. The first-order valence-corrected chi connectivity index (χ1v) is 6.03. The van der Waals surface area contributed by atoms with Crippen LogP contribution in [0.1, 0.15) is 22.8 Å². The van der Waals surface area contributed by atoms with Gasteiger partial charge in [0.25, 0.3) is 0 Å². The molecule has 2 aromatic carbocycles. The molecule has 1 unspecified atom stereocenters. The standard InChI is InChI=1S/C15H15F2NO/c16-12-5-6-14(17)13(9-12)15(19)11-3-1-10(2-4-11)7-8-18/h1-6,9,15,19H,7-8,18H2. The van der Waals surface area contributed by atoms with E-state index in [1.54, 1.807) is 12.1 Å². The van der Waals surface area contributed by atoms with Crippen LogP contribution < -0.4 is 5.73 Å². The van der Waals surface area contributed by atoms with Crippen molar-refractivity contribution < 1.29 is 13.9 Å². The van der Waals surface area contributed by atoms with Crippen LogP contribution in [0.25, 0.3) is 0 Å². The van der Waals surface area contributed by atoms with Gasteiger partial charge in [-0.05, 0) is 42.3 Å². The van der Waals surface area contributed by atoms with Gasteiger partial charge in [0, 0.05) is 5.56 Å². The fourth-order valence-corrected chi connectivity index (χ4v) is 1.94. The molecule has 0 aliphatic heterocycles. The van der Waals surface area contributed by atoms with Gasteiger partial charge in [0.1, 0.15) is 17.7 Å². The van der Waals surface area contributed by atoms with E-state index < -0.39 is 17.7 Å². The SMILES string of the molecule is NCCc1ccc(C(O)c2cc(F)ccc2F)cc1. The number of rotatable bonds is 4. The molecule has 0 saturated heterocycles. The lowest BCUT2D eigenvalue weighted by Crippen LogP contribution is -2.05. The Morgan fingerprint density at radius 2 is 1.74 bits per heavy atom. The average Bonchev–Trinajstić information content (AvgIpc) is 2.42. The summed E-state index contributed by atoms with van der Waals surface area (Å²) < 4.78 is 26.7. The van der Waals surface area contributed by atoms with Crippen molar-refractivity contribution in [2.75, 3.05) is 6.54 Å². The zero-order valence-electron chi connectivity index (χ0n) is 10.3. The van der Waals surface area contributed by atoms with Crippen LogP contribution >= 0.6 is 0 Å². The second kappa shape index (κ2) is 5.91. The highest BCUT2D eigenvalue weighted by Gasteiger charge is 2.15. The molecule has 100 valence electrons. The normalized spacial score (nSPS) is 12.4. The second-order valence-corrected chi connectivity index (χ2v) is 4.35. The largest absolute Gasteiger partial charge is 0.384 e. The summed E-state index contributed by atoms with van der Waals surface area (Å²) >= 11 is 0. The molecule has 0 amide bonds. The minimum atomic E-state index is -1.18. The number of benzene rings is 2. The van der Waals surface area contributed by atoms with Crippen LogP contribution in [-0.2, 0) is 6.42 Å². The zero-order chi connectivity index (χ0) is 13.8. The maximum absolute atomic E-state index is 13.6. The molecule has 2 rings (SSSR count). The molecule has 0 heterocycles. The van der Waals surface area contributed by atoms with E-state index >= 15 is 0 Å². The highest BCUT2D eigenvalue weighted by Crippen LogP contribution is 2.25. The van der Waals surface area contributed by atoms with E-state index in [2.05, 4.69) is 0 Å². The third kappa shape index (κ3) is 3.16. The van der Waals surface area contributed by atoms with Gasteiger partial charge in [0.2, 0.25) is 0 Å². The number of hydrogen-bond donors (Lipinski definition) is 2. The molecule has 4 heteroatoms. The Hall–Kier alpha value is -1.78. The molecule has 0 aliphatic carbocycles. The molecule has 0 aromatic heterocycles. The van der Waals surface area contributed by atoms with Gasteiger partial charge < -0.3 is 10.8 Å². The Morgan fingerprint density at radius 1 is 1.05 bits per heavy atom. The summed E-state index contributed by atoms with van der Waals surface area (Å²) in [5.41, 5.74) is 6.94. The van der Waals surface area contributed by atoms with E-state index in [1.165, 1.54) is 0 Å². The molecule has 0 fully saturated rings. The molecule has 0 spiro atoms. The van der Waals surface area contributed by atoms with Crippen LogP contribution in [0.2, 0.25) is 0 Å². The predicted octanol–water partition coefficient (Wildman–Crippen LogP) is 2.55. The quantitative estimate of drug-likeness (QED) is 0.890. The number of hydrogen-bond acceptors (Lipinski definition) is 2. The minimum absolute atomic E-state index is 0.0634. The van der Waals surface area contributed by atoms with Crippen LogP contribution in [0.4, 0.5) is 8.78 Å². The van der Waals surface area contributed by atoms with Gasteiger partial charge in [-0.25, -0.2) is 8.78 Å². The summed E-state index contributed by atoms with van der Waals surface area (Å²) in [6.45, 7) is 0.542.